The molecule has 0 aliphatic carbocycles. The normalized spacial score (nSPS) is 17.7. The molecule has 19 heavy (non-hydrogen) atoms. The molecule has 1 aliphatic rings. The Kier molecular flexibility index (Phi) is 7.12. The van der Waals surface area contributed by atoms with E-state index in [2.05, 4.69) is 4.99 Å². The van der Waals surface area contributed by atoms with Crippen molar-refractivity contribution in [3.05, 3.63) is 0 Å². The van der Waals surface area contributed by atoms with Crippen molar-refractivity contribution in [2.45, 2.75) is 12.5 Å². The first-order chi connectivity index (χ1) is 8.31. The number of nitrogens with zero attached hydrogens (tertiary/aromatic N) is 2. The van der Waals surface area contributed by atoms with Gasteiger partial charge < -0.3 is 35.7 Å². The first kappa shape index (κ1) is 18.0. The van der Waals surface area contributed by atoms with Crippen molar-refractivity contribution < 1.29 is 34.5 Å². The van der Waals surface area contributed by atoms with Crippen LogP contribution in [0.2, 0.25) is 0 Å². The van der Waals surface area contributed by atoms with E-state index < -0.39 is 32.7 Å². The number of urea groups is 1. The Labute approximate surface area is 109 Å². The van der Waals surface area contributed by atoms with Crippen molar-refractivity contribution in [2.75, 3.05) is 26.0 Å². The van der Waals surface area contributed by atoms with Gasteiger partial charge in [-0.25, -0.2) is 4.79 Å². The van der Waals surface area contributed by atoms with Crippen LogP contribution in [0.4, 0.5) is 4.79 Å². The average molecular weight is 299 g/mol. The van der Waals surface area contributed by atoms with Crippen LogP contribution in [-0.2, 0) is 9.30 Å². The molecular formula is C8H18N3O7P. The van der Waals surface area contributed by atoms with E-state index in [0.717, 1.165) is 0 Å². The number of aliphatic hydroxyl groups excluding tert-OH is 1. The number of hydrogen-bond donors (Lipinski definition) is 4. The van der Waals surface area contributed by atoms with Gasteiger partial charge in [-0.15, -0.1) is 0 Å². The Morgan fingerprint density at radius 3 is 2.63 bits per heavy atom. The number of amides is 2. The molecule has 0 bridgehead atoms. The van der Waals surface area contributed by atoms with Gasteiger partial charge >= 0.3 is 13.6 Å². The van der Waals surface area contributed by atoms with Gasteiger partial charge in [-0.1, -0.05) is 0 Å². The van der Waals surface area contributed by atoms with E-state index in [9.17, 15) is 9.36 Å². The van der Waals surface area contributed by atoms with Gasteiger partial charge in [0, 0.05) is 13.0 Å². The molecule has 112 valence electrons. The van der Waals surface area contributed by atoms with Crippen molar-refractivity contribution in [1.82, 2.24) is 4.90 Å². The molecule has 0 saturated carbocycles. The minimum atomic E-state index is -4.30. The third-order valence-corrected chi connectivity index (χ3v) is 2.74. The van der Waals surface area contributed by atoms with Crippen molar-refractivity contribution in [3.63, 3.8) is 0 Å². The Morgan fingerprint density at radius 1 is 1.53 bits per heavy atom. The molecule has 0 fully saturated rings. The van der Waals surface area contributed by atoms with E-state index in [4.69, 9.17) is 25.4 Å². The fourth-order valence-corrected chi connectivity index (χ4v) is 1.78. The first-order valence-corrected chi connectivity index (χ1v) is 7.00. The maximum absolute atomic E-state index is 11.4. The first-order valence-electron chi connectivity index (χ1n) is 5.21. The summed E-state index contributed by atoms with van der Waals surface area (Å²) >= 11 is 0. The number of aliphatic imine (C=N–C) groups is 1. The number of amidine groups is 1. The average Bonchev–Trinajstić information content (AvgIpc) is 2.25. The molecule has 0 aromatic carbocycles. The minimum absolute atomic E-state index is 0. The highest BCUT2D eigenvalue weighted by Gasteiger charge is 2.24. The lowest BCUT2D eigenvalue weighted by atomic mass is 10.3. The van der Waals surface area contributed by atoms with E-state index >= 15 is 0 Å². The minimum Gasteiger partial charge on any atom is -0.412 e. The fraction of sp³-hybridized carbons (Fsp3) is 0.750. The zero-order valence-corrected chi connectivity index (χ0v) is 11.0. The van der Waals surface area contributed by atoms with Gasteiger partial charge in [0.25, 0.3) is 0 Å². The standard InChI is InChI=1S/C8H16N3O6P.H2O/c9-7-1-2-11(8(13)10-7)3-6(4-12)17-5-18(14,15)16;/h6,12H,1-5H2,(H2,9,10,13)(H2,14,15,16);1H2. The van der Waals surface area contributed by atoms with Crippen LogP contribution in [0.3, 0.4) is 0 Å². The maximum atomic E-state index is 11.4. The van der Waals surface area contributed by atoms with Crippen LogP contribution in [0.1, 0.15) is 6.42 Å². The summed E-state index contributed by atoms with van der Waals surface area (Å²) in [5.41, 5.74) is 5.39. The highest BCUT2D eigenvalue weighted by atomic mass is 31.2. The molecule has 11 heteroatoms. The Balaban J connectivity index is 0.00000324. The second kappa shape index (κ2) is 7.53. The maximum Gasteiger partial charge on any atom is 0.350 e. The fourth-order valence-electron chi connectivity index (χ4n) is 1.38. The summed E-state index contributed by atoms with van der Waals surface area (Å²) in [6.45, 7) is -0.112. The summed E-state index contributed by atoms with van der Waals surface area (Å²) in [4.78, 5) is 33.6. The van der Waals surface area contributed by atoms with Crippen LogP contribution in [-0.4, -0.2) is 69.3 Å². The van der Waals surface area contributed by atoms with Crippen molar-refractivity contribution in [1.29, 1.82) is 0 Å². The zero-order chi connectivity index (χ0) is 13.8. The number of ether oxygens (including phenoxy) is 1. The quantitative estimate of drug-likeness (QED) is 0.404. The third kappa shape index (κ3) is 6.62. The predicted octanol–water partition coefficient (Wildman–Crippen LogP) is -2.14. The van der Waals surface area contributed by atoms with E-state index in [-0.39, 0.29) is 17.9 Å². The Bertz CT molecular complexity index is 383. The largest absolute Gasteiger partial charge is 0.412 e. The van der Waals surface area contributed by atoms with Gasteiger partial charge in [0.05, 0.1) is 19.3 Å². The molecular weight excluding hydrogens is 281 g/mol. The van der Waals surface area contributed by atoms with Gasteiger partial charge in [0.2, 0.25) is 0 Å². The highest BCUT2D eigenvalue weighted by Crippen LogP contribution is 2.34. The number of carbonyl (C=O) groups excluding carboxylic acids is 1. The smallest absolute Gasteiger partial charge is 0.350 e. The van der Waals surface area contributed by atoms with E-state index in [1.54, 1.807) is 0 Å². The van der Waals surface area contributed by atoms with Gasteiger partial charge in [0.1, 0.15) is 12.2 Å². The molecule has 0 spiro atoms. The SMILES string of the molecule is NC1=NC(=O)N(CC(CO)OCP(=O)(O)O)CC1.O. The number of carbonyl (C=O) groups is 1. The van der Waals surface area contributed by atoms with E-state index in [0.29, 0.717) is 13.0 Å². The van der Waals surface area contributed by atoms with Gasteiger partial charge in [-0.05, 0) is 0 Å². The van der Waals surface area contributed by atoms with Crippen LogP contribution in [0, 0.1) is 0 Å². The monoisotopic (exact) mass is 299 g/mol. The summed E-state index contributed by atoms with van der Waals surface area (Å²) < 4.78 is 15.5. The second-order valence-electron chi connectivity index (χ2n) is 3.85. The molecule has 7 N–H and O–H groups in total. The molecule has 1 atom stereocenters. The molecule has 10 nitrogen and oxygen atoms in total. The summed E-state index contributed by atoms with van der Waals surface area (Å²) in [7, 11) is -4.30. The van der Waals surface area contributed by atoms with Crippen LogP contribution in [0.15, 0.2) is 4.99 Å². The molecule has 1 aliphatic heterocycles. The van der Waals surface area contributed by atoms with Crippen LogP contribution < -0.4 is 5.73 Å². The molecule has 1 heterocycles. The molecule has 0 saturated heterocycles. The summed E-state index contributed by atoms with van der Waals surface area (Å²) in [6.07, 6.45) is -1.25. The van der Waals surface area contributed by atoms with Crippen molar-refractivity contribution in [2.24, 2.45) is 10.7 Å². The Morgan fingerprint density at radius 2 is 2.16 bits per heavy atom. The Hall–Kier alpha value is -1.03. The molecule has 1 rings (SSSR count). The van der Waals surface area contributed by atoms with Crippen molar-refractivity contribution in [3.8, 4) is 0 Å². The lowest BCUT2D eigenvalue weighted by Gasteiger charge is -2.27. The third-order valence-electron chi connectivity index (χ3n) is 2.25. The lowest BCUT2D eigenvalue weighted by molar-refractivity contribution is 0.0142. The van der Waals surface area contributed by atoms with Crippen LogP contribution in [0.25, 0.3) is 0 Å². The number of rotatable bonds is 6. The predicted molar refractivity (Wildman–Crippen MR) is 65.7 cm³/mol. The number of hydrogen-bond acceptors (Lipinski definition) is 5. The van der Waals surface area contributed by atoms with Gasteiger partial charge in [-0.2, -0.15) is 4.99 Å². The molecule has 2 amide bonds. The summed E-state index contributed by atoms with van der Waals surface area (Å²) in [5.74, 6) is 0.243. The van der Waals surface area contributed by atoms with Gasteiger partial charge in [-0.3, -0.25) is 4.57 Å². The zero-order valence-electron chi connectivity index (χ0n) is 10.1. The van der Waals surface area contributed by atoms with Crippen LogP contribution >= 0.6 is 7.60 Å². The molecule has 0 radical (unpaired) electrons. The molecule has 1 unspecified atom stereocenters. The van der Waals surface area contributed by atoms with E-state index in [1.165, 1.54) is 4.90 Å². The van der Waals surface area contributed by atoms with Crippen LogP contribution in [0.5, 0.6) is 0 Å². The lowest BCUT2D eigenvalue weighted by Crippen LogP contribution is -2.43. The number of nitrogens with two attached hydrogens (primary N) is 1. The number of aliphatic hydroxyl groups is 1. The molecule has 0 aromatic rings. The molecule has 0 aromatic heterocycles. The van der Waals surface area contributed by atoms with E-state index in [1.807, 2.05) is 0 Å². The van der Waals surface area contributed by atoms with Gasteiger partial charge in [0.15, 0.2) is 0 Å². The van der Waals surface area contributed by atoms with Crippen molar-refractivity contribution >= 4 is 19.5 Å². The highest BCUT2D eigenvalue weighted by molar-refractivity contribution is 7.51. The topological polar surface area (TPSA) is 177 Å². The summed E-state index contributed by atoms with van der Waals surface area (Å²) in [5, 5.41) is 9.02. The second-order valence-corrected chi connectivity index (χ2v) is 5.43. The summed E-state index contributed by atoms with van der Waals surface area (Å²) in [6, 6.07) is -0.544.